The Bertz CT molecular complexity index is 591. The summed E-state index contributed by atoms with van der Waals surface area (Å²) in [7, 11) is -3.19. The normalized spacial score (nSPS) is 11.9. The highest BCUT2D eigenvalue weighted by molar-refractivity contribution is 7.92. The highest BCUT2D eigenvalue weighted by atomic mass is 35.5. The summed E-state index contributed by atoms with van der Waals surface area (Å²) in [6.45, 7) is 3.42. The number of halogens is 1. The third kappa shape index (κ3) is 3.59. The highest BCUT2D eigenvalue weighted by Gasteiger charge is 2.29. The van der Waals surface area contributed by atoms with Crippen molar-refractivity contribution in [3.05, 3.63) is 22.8 Å². The lowest BCUT2D eigenvalue weighted by Crippen LogP contribution is -2.38. The van der Waals surface area contributed by atoms with Crippen LogP contribution in [-0.4, -0.2) is 30.9 Å². The van der Waals surface area contributed by atoms with Gasteiger partial charge in [0.1, 0.15) is 11.0 Å². The smallest absolute Gasteiger partial charge is 0.154 e. The molecule has 1 aromatic rings. The molecule has 0 bridgehead atoms. The van der Waals surface area contributed by atoms with Crippen LogP contribution in [0, 0.1) is 11.3 Å². The van der Waals surface area contributed by atoms with E-state index < -0.39 is 14.6 Å². The predicted molar refractivity (Wildman–Crippen MR) is 71.4 cm³/mol. The Balaban J connectivity index is 2.88. The van der Waals surface area contributed by atoms with E-state index in [1.807, 2.05) is 6.07 Å². The van der Waals surface area contributed by atoms with Gasteiger partial charge in [-0.25, -0.2) is 13.4 Å². The molecule has 18 heavy (non-hydrogen) atoms. The van der Waals surface area contributed by atoms with E-state index in [2.05, 4.69) is 10.3 Å². The molecule has 0 saturated carbocycles. The van der Waals surface area contributed by atoms with Gasteiger partial charge in [0.25, 0.3) is 0 Å². The standard InChI is InChI=1S/C11H14ClN3O2S/c1-11(2,18(3,16)17)7-14-10-5-8(6-13)4-9(12)15-10/h4-5H,7H2,1-3H3,(H,14,15). The van der Waals surface area contributed by atoms with E-state index >= 15 is 0 Å². The Morgan fingerprint density at radius 3 is 2.61 bits per heavy atom. The minimum absolute atomic E-state index is 0.185. The Morgan fingerprint density at radius 1 is 1.50 bits per heavy atom. The maximum Gasteiger partial charge on any atom is 0.154 e. The molecule has 7 heteroatoms. The fourth-order valence-corrected chi connectivity index (χ4v) is 1.63. The average Bonchev–Trinajstić information content (AvgIpc) is 2.24. The SMILES string of the molecule is CC(C)(CNc1cc(C#N)cc(Cl)n1)S(C)(=O)=O. The number of pyridine rings is 1. The lowest BCUT2D eigenvalue weighted by atomic mass is 10.2. The van der Waals surface area contributed by atoms with Crippen LogP contribution in [0.3, 0.4) is 0 Å². The molecule has 0 amide bonds. The van der Waals surface area contributed by atoms with Crippen molar-refractivity contribution in [2.24, 2.45) is 0 Å². The number of anilines is 1. The van der Waals surface area contributed by atoms with Crippen LogP contribution in [0.2, 0.25) is 5.15 Å². The number of hydrogen-bond acceptors (Lipinski definition) is 5. The second-order valence-electron chi connectivity index (χ2n) is 4.56. The maximum absolute atomic E-state index is 11.5. The number of nitriles is 1. The zero-order valence-corrected chi connectivity index (χ0v) is 11.9. The number of rotatable bonds is 4. The first-order chi connectivity index (χ1) is 8.15. The third-order valence-electron chi connectivity index (χ3n) is 2.62. The topological polar surface area (TPSA) is 82.8 Å². The molecule has 0 aromatic carbocycles. The van der Waals surface area contributed by atoms with E-state index in [0.717, 1.165) is 0 Å². The fraction of sp³-hybridized carbons (Fsp3) is 0.455. The van der Waals surface area contributed by atoms with E-state index in [1.165, 1.54) is 18.4 Å². The zero-order chi connectivity index (χ0) is 14.0. The van der Waals surface area contributed by atoms with Crippen molar-refractivity contribution in [2.45, 2.75) is 18.6 Å². The summed E-state index contributed by atoms with van der Waals surface area (Å²) in [5.41, 5.74) is 0.370. The monoisotopic (exact) mass is 287 g/mol. The van der Waals surface area contributed by atoms with Gasteiger partial charge in [0, 0.05) is 12.8 Å². The molecule has 0 aliphatic heterocycles. The summed E-state index contributed by atoms with van der Waals surface area (Å²) < 4.78 is 22.1. The van der Waals surface area contributed by atoms with Crippen LogP contribution in [0.25, 0.3) is 0 Å². The van der Waals surface area contributed by atoms with Crippen LogP contribution in [0.1, 0.15) is 19.4 Å². The van der Waals surface area contributed by atoms with Gasteiger partial charge in [0.05, 0.1) is 16.4 Å². The van der Waals surface area contributed by atoms with Crippen LogP contribution in [0.15, 0.2) is 12.1 Å². The molecule has 0 unspecified atom stereocenters. The van der Waals surface area contributed by atoms with E-state index in [1.54, 1.807) is 13.8 Å². The van der Waals surface area contributed by atoms with E-state index in [4.69, 9.17) is 16.9 Å². The van der Waals surface area contributed by atoms with Gasteiger partial charge < -0.3 is 5.32 Å². The molecule has 0 aliphatic rings. The molecule has 0 spiro atoms. The third-order valence-corrected chi connectivity index (χ3v) is 4.97. The van der Waals surface area contributed by atoms with Gasteiger partial charge in [0.2, 0.25) is 0 Å². The van der Waals surface area contributed by atoms with Crippen molar-refractivity contribution in [2.75, 3.05) is 18.1 Å². The summed E-state index contributed by atoms with van der Waals surface area (Å²) in [5, 5.41) is 11.9. The van der Waals surface area contributed by atoms with Crippen molar-refractivity contribution in [3.8, 4) is 6.07 Å². The molecular formula is C11H14ClN3O2S. The second-order valence-corrected chi connectivity index (χ2v) is 7.60. The zero-order valence-electron chi connectivity index (χ0n) is 10.4. The summed E-state index contributed by atoms with van der Waals surface area (Å²) >= 11 is 5.75. The lowest BCUT2D eigenvalue weighted by Gasteiger charge is -2.23. The molecule has 0 radical (unpaired) electrons. The molecule has 0 saturated heterocycles. The summed E-state index contributed by atoms with van der Waals surface area (Å²) in [5.74, 6) is 0.385. The minimum Gasteiger partial charge on any atom is -0.368 e. The lowest BCUT2D eigenvalue weighted by molar-refractivity contribution is 0.559. The number of nitrogens with one attached hydrogen (secondary N) is 1. The van der Waals surface area contributed by atoms with Gasteiger partial charge in [-0.2, -0.15) is 5.26 Å². The molecule has 1 rings (SSSR count). The largest absolute Gasteiger partial charge is 0.368 e. The first-order valence-electron chi connectivity index (χ1n) is 5.17. The van der Waals surface area contributed by atoms with Gasteiger partial charge >= 0.3 is 0 Å². The van der Waals surface area contributed by atoms with Crippen molar-refractivity contribution >= 4 is 27.3 Å². The van der Waals surface area contributed by atoms with Crippen LogP contribution in [0.5, 0.6) is 0 Å². The van der Waals surface area contributed by atoms with E-state index in [-0.39, 0.29) is 11.7 Å². The van der Waals surface area contributed by atoms with E-state index in [9.17, 15) is 8.42 Å². The van der Waals surface area contributed by atoms with Gasteiger partial charge in [-0.05, 0) is 26.0 Å². The molecule has 1 N–H and O–H groups in total. The van der Waals surface area contributed by atoms with Crippen molar-refractivity contribution in [3.63, 3.8) is 0 Å². The van der Waals surface area contributed by atoms with Crippen LogP contribution in [0.4, 0.5) is 5.82 Å². The van der Waals surface area contributed by atoms with Gasteiger partial charge in [-0.1, -0.05) is 11.6 Å². The molecule has 0 fully saturated rings. The number of aromatic nitrogens is 1. The van der Waals surface area contributed by atoms with Crippen LogP contribution >= 0.6 is 11.6 Å². The fourth-order valence-electron chi connectivity index (χ4n) is 1.09. The summed E-state index contributed by atoms with van der Waals surface area (Å²) in [6, 6.07) is 4.91. The summed E-state index contributed by atoms with van der Waals surface area (Å²) in [4.78, 5) is 3.98. The van der Waals surface area contributed by atoms with Gasteiger partial charge in [-0.3, -0.25) is 0 Å². The molecule has 0 atom stereocenters. The number of hydrogen-bond donors (Lipinski definition) is 1. The molecule has 1 heterocycles. The predicted octanol–water partition coefficient (Wildman–Crippen LogP) is 1.84. The first-order valence-corrected chi connectivity index (χ1v) is 7.44. The van der Waals surface area contributed by atoms with Crippen molar-refractivity contribution < 1.29 is 8.42 Å². The highest BCUT2D eigenvalue weighted by Crippen LogP contribution is 2.18. The average molecular weight is 288 g/mol. The Kier molecular flexibility index (Phi) is 4.20. The van der Waals surface area contributed by atoms with Gasteiger partial charge in [-0.15, -0.1) is 0 Å². The van der Waals surface area contributed by atoms with Crippen LogP contribution in [-0.2, 0) is 9.84 Å². The van der Waals surface area contributed by atoms with Gasteiger partial charge in [0.15, 0.2) is 9.84 Å². The second kappa shape index (κ2) is 5.12. The van der Waals surface area contributed by atoms with Crippen molar-refractivity contribution in [1.82, 2.24) is 4.98 Å². The molecule has 98 valence electrons. The Hall–Kier alpha value is -1.32. The quantitative estimate of drug-likeness (QED) is 0.855. The molecule has 0 aliphatic carbocycles. The molecular weight excluding hydrogens is 274 g/mol. The Morgan fingerprint density at radius 2 is 2.11 bits per heavy atom. The molecule has 1 aromatic heterocycles. The first kappa shape index (κ1) is 14.7. The maximum atomic E-state index is 11.5. The van der Waals surface area contributed by atoms with Crippen LogP contribution < -0.4 is 5.32 Å². The van der Waals surface area contributed by atoms with Crippen molar-refractivity contribution in [1.29, 1.82) is 5.26 Å². The molecule has 5 nitrogen and oxygen atoms in total. The minimum atomic E-state index is -3.19. The number of sulfone groups is 1. The van der Waals surface area contributed by atoms with E-state index in [0.29, 0.717) is 11.4 Å². The Labute approximate surface area is 112 Å². The number of nitrogens with zero attached hydrogens (tertiary/aromatic N) is 2. The summed E-state index contributed by atoms with van der Waals surface area (Å²) in [6.07, 6.45) is 1.18.